The van der Waals surface area contributed by atoms with Crippen molar-refractivity contribution in [3.8, 4) is 5.75 Å². The Labute approximate surface area is 109 Å². The zero-order chi connectivity index (χ0) is 12.8. The number of methoxy groups -OCH3 is 1. The second-order valence-corrected chi connectivity index (χ2v) is 4.84. The first-order chi connectivity index (χ1) is 8.04. The molecule has 0 aliphatic carbocycles. The van der Waals surface area contributed by atoms with Gasteiger partial charge in [-0.15, -0.1) is 0 Å². The molecule has 0 aliphatic rings. The fourth-order valence-electron chi connectivity index (χ4n) is 1.13. The molecule has 0 heterocycles. The summed E-state index contributed by atoms with van der Waals surface area (Å²) in [4.78, 5) is 16.9. The zero-order valence-corrected chi connectivity index (χ0v) is 11.7. The molecule has 0 saturated carbocycles. The van der Waals surface area contributed by atoms with Crippen molar-refractivity contribution in [3.05, 3.63) is 28.2 Å². The predicted octanol–water partition coefficient (Wildman–Crippen LogP) is 2.78. The molecule has 1 aromatic rings. The minimum Gasteiger partial charge on any atom is -0.497 e. The number of hydroxylamine groups is 1. The molecule has 0 spiro atoms. The summed E-state index contributed by atoms with van der Waals surface area (Å²) in [7, 11) is 1.56. The Morgan fingerprint density at radius 1 is 1.47 bits per heavy atom. The third-order valence-electron chi connectivity index (χ3n) is 2.00. The summed E-state index contributed by atoms with van der Waals surface area (Å²) in [6, 6.07) is 5.18. The van der Waals surface area contributed by atoms with Crippen molar-refractivity contribution in [2.24, 2.45) is 5.92 Å². The third-order valence-corrected chi connectivity index (χ3v) is 2.69. The topological polar surface area (TPSA) is 47.6 Å². The molecule has 0 atom stereocenters. The van der Waals surface area contributed by atoms with Crippen LogP contribution in [0.2, 0.25) is 0 Å². The molecule has 94 valence electrons. The van der Waals surface area contributed by atoms with Crippen molar-refractivity contribution in [1.29, 1.82) is 0 Å². The van der Waals surface area contributed by atoms with Crippen molar-refractivity contribution in [2.45, 2.75) is 13.8 Å². The van der Waals surface area contributed by atoms with Gasteiger partial charge in [-0.3, -0.25) is 9.63 Å². The zero-order valence-electron chi connectivity index (χ0n) is 10.1. The number of benzene rings is 1. The molecule has 0 unspecified atom stereocenters. The molecule has 1 rings (SSSR count). The number of carbonyl (C=O) groups is 1. The second kappa shape index (κ2) is 6.61. The summed E-state index contributed by atoms with van der Waals surface area (Å²) in [6.45, 7) is 4.49. The van der Waals surface area contributed by atoms with E-state index in [4.69, 9.17) is 9.57 Å². The van der Waals surface area contributed by atoms with Gasteiger partial charge in [0.1, 0.15) is 5.75 Å². The van der Waals surface area contributed by atoms with Gasteiger partial charge in [0.15, 0.2) is 0 Å². The fourth-order valence-corrected chi connectivity index (χ4v) is 1.56. The van der Waals surface area contributed by atoms with Gasteiger partial charge in [0.05, 0.1) is 19.3 Å². The molecule has 4 nitrogen and oxygen atoms in total. The number of hydrogen-bond acceptors (Lipinski definition) is 3. The molecule has 17 heavy (non-hydrogen) atoms. The average Bonchev–Trinajstić information content (AvgIpc) is 2.29. The number of ether oxygens (including phenoxy) is 1. The van der Waals surface area contributed by atoms with Gasteiger partial charge in [0, 0.05) is 4.47 Å². The molecule has 0 saturated heterocycles. The van der Waals surface area contributed by atoms with Crippen LogP contribution in [0.1, 0.15) is 24.2 Å². The monoisotopic (exact) mass is 301 g/mol. The Bertz CT molecular complexity index is 393. The van der Waals surface area contributed by atoms with Crippen molar-refractivity contribution in [3.63, 3.8) is 0 Å². The van der Waals surface area contributed by atoms with E-state index in [9.17, 15) is 4.79 Å². The molecule has 0 fully saturated rings. The Morgan fingerprint density at radius 2 is 2.18 bits per heavy atom. The summed E-state index contributed by atoms with van der Waals surface area (Å²) < 4.78 is 5.76. The highest BCUT2D eigenvalue weighted by Gasteiger charge is 2.11. The molecule has 0 radical (unpaired) electrons. The molecule has 0 aromatic heterocycles. The number of nitrogens with one attached hydrogen (secondary N) is 1. The lowest BCUT2D eigenvalue weighted by Gasteiger charge is -2.09. The first-order valence-corrected chi connectivity index (χ1v) is 6.09. The van der Waals surface area contributed by atoms with Gasteiger partial charge < -0.3 is 4.74 Å². The Morgan fingerprint density at radius 3 is 2.76 bits per heavy atom. The molecule has 1 amide bonds. The van der Waals surface area contributed by atoms with Gasteiger partial charge in [-0.05, 0) is 40.0 Å². The van der Waals surface area contributed by atoms with E-state index in [1.807, 2.05) is 13.8 Å². The van der Waals surface area contributed by atoms with Crippen LogP contribution in [0, 0.1) is 5.92 Å². The average molecular weight is 302 g/mol. The van der Waals surface area contributed by atoms with E-state index in [1.165, 1.54) is 0 Å². The molecule has 1 N–H and O–H groups in total. The SMILES string of the molecule is COc1ccc(Br)c(C(=O)NOCC(C)C)c1. The summed E-state index contributed by atoms with van der Waals surface area (Å²) in [5.74, 6) is 0.697. The van der Waals surface area contributed by atoms with Gasteiger partial charge in [-0.2, -0.15) is 0 Å². The first-order valence-electron chi connectivity index (χ1n) is 5.30. The molecule has 0 bridgehead atoms. The maximum atomic E-state index is 11.8. The maximum Gasteiger partial charge on any atom is 0.276 e. The van der Waals surface area contributed by atoms with Crippen molar-refractivity contribution in [2.75, 3.05) is 13.7 Å². The summed E-state index contributed by atoms with van der Waals surface area (Å²) in [6.07, 6.45) is 0. The van der Waals surface area contributed by atoms with Crippen LogP contribution in [0.15, 0.2) is 22.7 Å². The van der Waals surface area contributed by atoms with E-state index >= 15 is 0 Å². The standard InChI is InChI=1S/C12H16BrNO3/c1-8(2)7-17-14-12(15)10-6-9(16-3)4-5-11(10)13/h4-6,8H,7H2,1-3H3,(H,14,15). The predicted molar refractivity (Wildman–Crippen MR) is 69.0 cm³/mol. The molecule has 5 heteroatoms. The van der Waals surface area contributed by atoms with Crippen LogP contribution in [0.3, 0.4) is 0 Å². The molecular formula is C12H16BrNO3. The highest BCUT2D eigenvalue weighted by molar-refractivity contribution is 9.10. The van der Waals surface area contributed by atoms with E-state index in [0.717, 1.165) is 0 Å². The fraction of sp³-hybridized carbons (Fsp3) is 0.417. The number of carbonyl (C=O) groups excluding carboxylic acids is 1. The summed E-state index contributed by atoms with van der Waals surface area (Å²) in [5, 5.41) is 0. The van der Waals surface area contributed by atoms with Gasteiger partial charge >= 0.3 is 0 Å². The summed E-state index contributed by atoms with van der Waals surface area (Å²) in [5.41, 5.74) is 2.88. The minimum atomic E-state index is -0.295. The lowest BCUT2D eigenvalue weighted by atomic mass is 10.2. The lowest BCUT2D eigenvalue weighted by molar-refractivity contribution is 0.0208. The van der Waals surface area contributed by atoms with Crippen LogP contribution >= 0.6 is 15.9 Å². The Balaban J connectivity index is 2.67. The van der Waals surface area contributed by atoms with E-state index in [0.29, 0.717) is 28.3 Å². The Hall–Kier alpha value is -1.07. The van der Waals surface area contributed by atoms with Crippen molar-refractivity contribution >= 4 is 21.8 Å². The smallest absolute Gasteiger partial charge is 0.276 e. The van der Waals surface area contributed by atoms with Crippen molar-refractivity contribution < 1.29 is 14.4 Å². The van der Waals surface area contributed by atoms with Gasteiger partial charge in [0.25, 0.3) is 5.91 Å². The third kappa shape index (κ3) is 4.36. The highest BCUT2D eigenvalue weighted by atomic mass is 79.9. The summed E-state index contributed by atoms with van der Waals surface area (Å²) >= 11 is 3.31. The van der Waals surface area contributed by atoms with Crippen LogP contribution in [0.4, 0.5) is 0 Å². The lowest BCUT2D eigenvalue weighted by Crippen LogP contribution is -2.25. The van der Waals surface area contributed by atoms with Crippen LogP contribution in [0.5, 0.6) is 5.75 Å². The largest absolute Gasteiger partial charge is 0.497 e. The van der Waals surface area contributed by atoms with Crippen LogP contribution in [-0.2, 0) is 4.84 Å². The van der Waals surface area contributed by atoms with Crippen LogP contribution in [0.25, 0.3) is 0 Å². The van der Waals surface area contributed by atoms with E-state index in [-0.39, 0.29) is 5.91 Å². The highest BCUT2D eigenvalue weighted by Crippen LogP contribution is 2.22. The van der Waals surface area contributed by atoms with Crippen molar-refractivity contribution in [1.82, 2.24) is 5.48 Å². The molecule has 1 aromatic carbocycles. The molecule has 0 aliphatic heterocycles. The second-order valence-electron chi connectivity index (χ2n) is 3.98. The maximum absolute atomic E-state index is 11.8. The van der Waals surface area contributed by atoms with E-state index < -0.39 is 0 Å². The van der Waals surface area contributed by atoms with Crippen LogP contribution in [-0.4, -0.2) is 19.6 Å². The normalized spacial score (nSPS) is 10.4. The number of halogens is 1. The Kier molecular flexibility index (Phi) is 5.44. The number of hydrogen-bond donors (Lipinski definition) is 1. The van der Waals surface area contributed by atoms with Gasteiger partial charge in [0.2, 0.25) is 0 Å². The van der Waals surface area contributed by atoms with Gasteiger partial charge in [-0.1, -0.05) is 13.8 Å². The quantitative estimate of drug-likeness (QED) is 0.851. The number of amides is 1. The van der Waals surface area contributed by atoms with E-state index in [1.54, 1.807) is 25.3 Å². The number of rotatable bonds is 5. The first kappa shape index (κ1) is 14.0. The van der Waals surface area contributed by atoms with Gasteiger partial charge in [-0.25, -0.2) is 5.48 Å². The van der Waals surface area contributed by atoms with Crippen LogP contribution < -0.4 is 10.2 Å². The van der Waals surface area contributed by atoms with E-state index in [2.05, 4.69) is 21.4 Å². The molecular weight excluding hydrogens is 286 g/mol. The minimum absolute atomic E-state index is 0.295.